The second kappa shape index (κ2) is 6.21. The first-order valence-electron chi connectivity index (χ1n) is 4.55. The summed E-state index contributed by atoms with van der Waals surface area (Å²) in [4.78, 5) is 2.08. The maximum atomic E-state index is 9.51. The zero-order chi connectivity index (χ0) is 9.56. The lowest BCUT2D eigenvalue weighted by Crippen LogP contribution is -2.19. The van der Waals surface area contributed by atoms with Crippen LogP contribution < -0.4 is 0 Å². The SMILES string of the molecule is C=C(CC)CC(O)CCN(C)C. The third-order valence-electron chi connectivity index (χ3n) is 1.93. The van der Waals surface area contributed by atoms with E-state index in [0.29, 0.717) is 0 Å². The Bertz CT molecular complexity index is 132. The molecule has 12 heavy (non-hydrogen) atoms. The van der Waals surface area contributed by atoms with Crippen molar-refractivity contribution < 1.29 is 5.11 Å². The highest BCUT2D eigenvalue weighted by atomic mass is 16.3. The van der Waals surface area contributed by atoms with E-state index in [4.69, 9.17) is 0 Å². The molecule has 0 bridgehead atoms. The Hall–Kier alpha value is -0.340. The van der Waals surface area contributed by atoms with Gasteiger partial charge in [0.2, 0.25) is 0 Å². The van der Waals surface area contributed by atoms with Crippen LogP contribution in [0.5, 0.6) is 0 Å². The number of aliphatic hydroxyl groups excluding tert-OH is 1. The first-order chi connectivity index (χ1) is 5.56. The van der Waals surface area contributed by atoms with Crippen LogP contribution in [0.3, 0.4) is 0 Å². The Labute approximate surface area is 75.9 Å². The first-order valence-corrected chi connectivity index (χ1v) is 4.55. The van der Waals surface area contributed by atoms with E-state index in [0.717, 1.165) is 31.4 Å². The molecule has 1 unspecified atom stereocenters. The van der Waals surface area contributed by atoms with E-state index < -0.39 is 0 Å². The lowest BCUT2D eigenvalue weighted by Gasteiger charge is -2.14. The van der Waals surface area contributed by atoms with Crippen LogP contribution in [0.15, 0.2) is 12.2 Å². The van der Waals surface area contributed by atoms with E-state index >= 15 is 0 Å². The minimum absolute atomic E-state index is 0.208. The van der Waals surface area contributed by atoms with Gasteiger partial charge in [-0.05, 0) is 39.9 Å². The molecule has 2 heteroatoms. The van der Waals surface area contributed by atoms with E-state index in [1.807, 2.05) is 14.1 Å². The maximum Gasteiger partial charge on any atom is 0.0589 e. The Morgan fingerprint density at radius 3 is 2.50 bits per heavy atom. The topological polar surface area (TPSA) is 23.5 Å². The molecule has 0 aliphatic rings. The van der Waals surface area contributed by atoms with Crippen LogP contribution >= 0.6 is 0 Å². The number of aliphatic hydroxyl groups is 1. The molecule has 0 rings (SSSR count). The molecule has 0 aromatic carbocycles. The fraction of sp³-hybridized carbons (Fsp3) is 0.800. The lowest BCUT2D eigenvalue weighted by molar-refractivity contribution is 0.151. The zero-order valence-corrected chi connectivity index (χ0v) is 8.51. The Balaban J connectivity index is 3.45. The molecule has 2 nitrogen and oxygen atoms in total. The molecule has 0 saturated carbocycles. The molecule has 72 valence electrons. The summed E-state index contributed by atoms with van der Waals surface area (Å²) >= 11 is 0. The van der Waals surface area contributed by atoms with Crippen LogP contribution in [0.25, 0.3) is 0 Å². The fourth-order valence-corrected chi connectivity index (χ4v) is 0.987. The van der Waals surface area contributed by atoms with Gasteiger partial charge in [-0.2, -0.15) is 0 Å². The summed E-state index contributed by atoms with van der Waals surface area (Å²) in [5.41, 5.74) is 1.14. The van der Waals surface area contributed by atoms with E-state index in [-0.39, 0.29) is 6.10 Å². The van der Waals surface area contributed by atoms with Crippen LogP contribution in [0.1, 0.15) is 26.2 Å². The molecule has 1 atom stereocenters. The van der Waals surface area contributed by atoms with Crippen molar-refractivity contribution >= 4 is 0 Å². The average molecular weight is 171 g/mol. The first kappa shape index (κ1) is 11.7. The number of nitrogens with zero attached hydrogens (tertiary/aromatic N) is 1. The highest BCUT2D eigenvalue weighted by molar-refractivity contribution is 4.94. The van der Waals surface area contributed by atoms with Gasteiger partial charge in [0, 0.05) is 0 Å². The van der Waals surface area contributed by atoms with E-state index in [2.05, 4.69) is 18.4 Å². The lowest BCUT2D eigenvalue weighted by atomic mass is 10.1. The summed E-state index contributed by atoms with van der Waals surface area (Å²) in [7, 11) is 4.03. The van der Waals surface area contributed by atoms with Crippen molar-refractivity contribution in [3.63, 3.8) is 0 Å². The fourth-order valence-electron chi connectivity index (χ4n) is 0.987. The molecular weight excluding hydrogens is 150 g/mol. The van der Waals surface area contributed by atoms with Crippen LogP contribution in [0.4, 0.5) is 0 Å². The molecule has 1 N–H and O–H groups in total. The quantitative estimate of drug-likeness (QED) is 0.614. The minimum Gasteiger partial charge on any atom is -0.393 e. The van der Waals surface area contributed by atoms with Crippen molar-refractivity contribution in [3.05, 3.63) is 12.2 Å². The van der Waals surface area contributed by atoms with Crippen molar-refractivity contribution in [3.8, 4) is 0 Å². The van der Waals surface area contributed by atoms with E-state index in [1.165, 1.54) is 0 Å². The Morgan fingerprint density at radius 1 is 1.50 bits per heavy atom. The maximum absolute atomic E-state index is 9.51. The van der Waals surface area contributed by atoms with Gasteiger partial charge in [-0.15, -0.1) is 0 Å². The standard InChI is InChI=1S/C10H21NO/c1-5-9(2)8-10(12)6-7-11(3)4/h10,12H,2,5-8H2,1,3-4H3. The molecule has 0 aromatic rings. The summed E-state index contributed by atoms with van der Waals surface area (Å²) in [5.74, 6) is 0. The summed E-state index contributed by atoms with van der Waals surface area (Å²) < 4.78 is 0. The van der Waals surface area contributed by atoms with Crippen molar-refractivity contribution in [2.75, 3.05) is 20.6 Å². The van der Waals surface area contributed by atoms with Crippen LogP contribution in [0.2, 0.25) is 0 Å². The van der Waals surface area contributed by atoms with Crippen molar-refractivity contribution in [1.29, 1.82) is 0 Å². The van der Waals surface area contributed by atoms with E-state index in [9.17, 15) is 5.11 Å². The third kappa shape index (κ3) is 6.38. The summed E-state index contributed by atoms with van der Waals surface area (Å²) in [6, 6.07) is 0. The van der Waals surface area contributed by atoms with Gasteiger partial charge in [0.15, 0.2) is 0 Å². The molecule has 0 saturated heterocycles. The molecule has 0 radical (unpaired) electrons. The molecule has 0 fully saturated rings. The smallest absolute Gasteiger partial charge is 0.0589 e. The molecule has 0 amide bonds. The predicted octanol–water partition coefficient (Wildman–Crippen LogP) is 1.66. The normalized spacial score (nSPS) is 13.4. The van der Waals surface area contributed by atoms with Gasteiger partial charge in [-0.3, -0.25) is 0 Å². The van der Waals surface area contributed by atoms with Gasteiger partial charge in [-0.1, -0.05) is 19.1 Å². The predicted molar refractivity (Wildman–Crippen MR) is 53.2 cm³/mol. The second-order valence-electron chi connectivity index (χ2n) is 3.55. The monoisotopic (exact) mass is 171 g/mol. The number of hydrogen-bond acceptors (Lipinski definition) is 2. The molecule has 0 aromatic heterocycles. The highest BCUT2D eigenvalue weighted by Gasteiger charge is 2.05. The average Bonchev–Trinajstić information content (AvgIpc) is 2.00. The molecule has 0 heterocycles. The minimum atomic E-state index is -0.208. The Morgan fingerprint density at radius 2 is 2.08 bits per heavy atom. The molecule has 0 spiro atoms. The third-order valence-corrected chi connectivity index (χ3v) is 1.93. The summed E-state index contributed by atoms with van der Waals surface area (Å²) in [6.45, 7) is 6.88. The summed E-state index contributed by atoms with van der Waals surface area (Å²) in [5, 5.41) is 9.51. The molecule has 0 aliphatic carbocycles. The zero-order valence-electron chi connectivity index (χ0n) is 8.51. The van der Waals surface area contributed by atoms with Gasteiger partial charge in [0.1, 0.15) is 0 Å². The van der Waals surface area contributed by atoms with Crippen LogP contribution in [-0.2, 0) is 0 Å². The largest absolute Gasteiger partial charge is 0.393 e. The van der Waals surface area contributed by atoms with Gasteiger partial charge >= 0.3 is 0 Å². The number of rotatable bonds is 6. The molecular formula is C10H21NO. The van der Waals surface area contributed by atoms with Crippen molar-refractivity contribution in [2.45, 2.75) is 32.3 Å². The number of hydrogen-bond donors (Lipinski definition) is 1. The van der Waals surface area contributed by atoms with Crippen molar-refractivity contribution in [2.24, 2.45) is 0 Å². The summed E-state index contributed by atoms with van der Waals surface area (Å²) in [6.07, 6.45) is 2.36. The van der Waals surface area contributed by atoms with Gasteiger partial charge in [-0.25, -0.2) is 0 Å². The van der Waals surface area contributed by atoms with Gasteiger partial charge < -0.3 is 10.0 Å². The van der Waals surface area contributed by atoms with Gasteiger partial charge in [0.25, 0.3) is 0 Å². The van der Waals surface area contributed by atoms with Crippen LogP contribution in [0, 0.1) is 0 Å². The van der Waals surface area contributed by atoms with Crippen molar-refractivity contribution in [1.82, 2.24) is 4.90 Å². The molecule has 0 aliphatic heterocycles. The Kier molecular flexibility index (Phi) is 6.03. The van der Waals surface area contributed by atoms with E-state index in [1.54, 1.807) is 0 Å². The van der Waals surface area contributed by atoms with Gasteiger partial charge in [0.05, 0.1) is 6.10 Å². The highest BCUT2D eigenvalue weighted by Crippen LogP contribution is 2.09. The van der Waals surface area contributed by atoms with Crippen LogP contribution in [-0.4, -0.2) is 36.8 Å². The second-order valence-corrected chi connectivity index (χ2v) is 3.55.